The number of nitrogens with zero attached hydrogens (tertiary/aromatic N) is 1. The van der Waals surface area contributed by atoms with Crippen LogP contribution in [0, 0.1) is 0 Å². The lowest BCUT2D eigenvalue weighted by atomic mass is 10.2. The van der Waals surface area contributed by atoms with Crippen molar-refractivity contribution in [1.82, 2.24) is 10.3 Å². The van der Waals surface area contributed by atoms with E-state index in [1.165, 1.54) is 18.5 Å². The summed E-state index contributed by atoms with van der Waals surface area (Å²) in [4.78, 5) is 26.7. The van der Waals surface area contributed by atoms with E-state index >= 15 is 0 Å². The van der Waals surface area contributed by atoms with Gasteiger partial charge < -0.3 is 15.7 Å². The highest BCUT2D eigenvalue weighted by atomic mass is 32.2. The highest BCUT2D eigenvalue weighted by molar-refractivity contribution is 7.99. The van der Waals surface area contributed by atoms with Crippen LogP contribution in [0.1, 0.15) is 36.5 Å². The van der Waals surface area contributed by atoms with Crippen molar-refractivity contribution in [3.8, 4) is 0 Å². The number of urea groups is 1. The van der Waals surface area contributed by atoms with E-state index < -0.39 is 5.97 Å². The molecule has 2 rings (SSSR count). The Morgan fingerprint density at radius 2 is 2.24 bits per heavy atom. The number of hydrogen-bond donors (Lipinski definition) is 3. The fourth-order valence-electron chi connectivity index (χ4n) is 2.47. The minimum atomic E-state index is -1.07. The standard InChI is InChI=1S/C14H19N3O3S/c1-2-21-12-5-3-4-11(12)17-14(20)16-10-6-9(13(18)19)7-15-8-10/h6-8,11-12H,2-5H2,1H3,(H,18,19)(H2,16,17,20). The van der Waals surface area contributed by atoms with E-state index in [-0.39, 0.29) is 17.6 Å². The summed E-state index contributed by atoms with van der Waals surface area (Å²) >= 11 is 1.87. The van der Waals surface area contributed by atoms with Gasteiger partial charge in [0.25, 0.3) is 0 Å². The average Bonchev–Trinajstić information content (AvgIpc) is 2.86. The minimum absolute atomic E-state index is 0.0491. The second-order valence-electron chi connectivity index (χ2n) is 4.90. The second-order valence-corrected chi connectivity index (χ2v) is 6.41. The highest BCUT2D eigenvalue weighted by Crippen LogP contribution is 2.29. The third-order valence-corrected chi connectivity index (χ3v) is 4.72. The Hall–Kier alpha value is -1.76. The molecule has 2 unspecified atom stereocenters. The number of pyridine rings is 1. The summed E-state index contributed by atoms with van der Waals surface area (Å²) in [5, 5.41) is 15.0. The van der Waals surface area contributed by atoms with Gasteiger partial charge in [-0.3, -0.25) is 4.98 Å². The Balaban J connectivity index is 1.92. The predicted molar refractivity (Wildman–Crippen MR) is 82.9 cm³/mol. The summed E-state index contributed by atoms with van der Waals surface area (Å²) in [6.07, 6.45) is 5.91. The molecule has 6 nitrogen and oxygen atoms in total. The molecule has 3 N–H and O–H groups in total. The van der Waals surface area contributed by atoms with E-state index in [9.17, 15) is 9.59 Å². The molecule has 1 fully saturated rings. The van der Waals surface area contributed by atoms with Gasteiger partial charge in [0, 0.05) is 17.5 Å². The summed E-state index contributed by atoms with van der Waals surface area (Å²) in [5.41, 5.74) is 0.429. The molecular formula is C14H19N3O3S. The average molecular weight is 309 g/mol. The first-order chi connectivity index (χ1) is 10.1. The van der Waals surface area contributed by atoms with Crippen LogP contribution in [0.5, 0.6) is 0 Å². The van der Waals surface area contributed by atoms with Gasteiger partial charge >= 0.3 is 12.0 Å². The molecule has 2 amide bonds. The van der Waals surface area contributed by atoms with E-state index in [4.69, 9.17) is 5.11 Å². The number of aromatic nitrogens is 1. The normalized spacial score (nSPS) is 21.0. The lowest BCUT2D eigenvalue weighted by Crippen LogP contribution is -2.41. The van der Waals surface area contributed by atoms with Gasteiger partial charge in [-0.2, -0.15) is 11.8 Å². The van der Waals surface area contributed by atoms with Crippen LogP contribution in [0.2, 0.25) is 0 Å². The zero-order valence-electron chi connectivity index (χ0n) is 11.8. The molecule has 1 aromatic rings. The maximum Gasteiger partial charge on any atom is 0.337 e. The fraction of sp³-hybridized carbons (Fsp3) is 0.500. The number of carbonyl (C=O) groups is 2. The quantitative estimate of drug-likeness (QED) is 0.777. The lowest BCUT2D eigenvalue weighted by Gasteiger charge is -2.20. The van der Waals surface area contributed by atoms with Crippen molar-refractivity contribution >= 4 is 29.4 Å². The SMILES string of the molecule is CCSC1CCCC1NC(=O)Nc1cncc(C(=O)O)c1. The van der Waals surface area contributed by atoms with Crippen molar-refractivity contribution in [2.45, 2.75) is 37.5 Å². The molecule has 0 saturated heterocycles. The Kier molecular flexibility index (Phi) is 5.44. The van der Waals surface area contributed by atoms with Crippen LogP contribution in [-0.2, 0) is 0 Å². The van der Waals surface area contributed by atoms with E-state index in [1.807, 2.05) is 11.8 Å². The third-order valence-electron chi connectivity index (χ3n) is 3.39. The molecular weight excluding hydrogens is 290 g/mol. The Morgan fingerprint density at radius 3 is 2.95 bits per heavy atom. The molecule has 21 heavy (non-hydrogen) atoms. The van der Waals surface area contributed by atoms with Crippen LogP contribution in [0.3, 0.4) is 0 Å². The van der Waals surface area contributed by atoms with E-state index in [0.717, 1.165) is 25.0 Å². The first kappa shape index (κ1) is 15.6. The number of rotatable bonds is 5. The molecule has 2 atom stereocenters. The highest BCUT2D eigenvalue weighted by Gasteiger charge is 2.28. The summed E-state index contributed by atoms with van der Waals surface area (Å²) in [6.45, 7) is 2.11. The molecule has 1 heterocycles. The number of carbonyl (C=O) groups excluding carboxylic acids is 1. The van der Waals surface area contributed by atoms with Gasteiger partial charge in [-0.05, 0) is 24.7 Å². The smallest absolute Gasteiger partial charge is 0.337 e. The van der Waals surface area contributed by atoms with Gasteiger partial charge in [-0.25, -0.2) is 9.59 Å². The number of thioether (sulfide) groups is 1. The van der Waals surface area contributed by atoms with Crippen LogP contribution in [0.25, 0.3) is 0 Å². The summed E-state index contributed by atoms with van der Waals surface area (Å²) in [6, 6.07) is 1.25. The minimum Gasteiger partial charge on any atom is -0.478 e. The number of carboxylic acid groups (broad SMARTS) is 1. The van der Waals surface area contributed by atoms with Crippen LogP contribution in [0.15, 0.2) is 18.5 Å². The summed E-state index contributed by atoms with van der Waals surface area (Å²) in [7, 11) is 0. The molecule has 1 aromatic heterocycles. The summed E-state index contributed by atoms with van der Waals surface area (Å²) < 4.78 is 0. The summed E-state index contributed by atoms with van der Waals surface area (Å²) in [5.74, 6) is -0.0311. The Bertz CT molecular complexity index is 524. The van der Waals surface area contributed by atoms with E-state index in [2.05, 4.69) is 22.5 Å². The van der Waals surface area contributed by atoms with E-state index in [1.54, 1.807) is 0 Å². The third kappa shape index (κ3) is 4.35. The van der Waals surface area contributed by atoms with Gasteiger partial charge in [0.05, 0.1) is 17.4 Å². The number of nitrogens with one attached hydrogen (secondary N) is 2. The Morgan fingerprint density at radius 1 is 1.43 bits per heavy atom. The molecule has 1 aliphatic carbocycles. The number of carboxylic acids is 1. The molecule has 0 aromatic carbocycles. The van der Waals surface area contributed by atoms with E-state index in [0.29, 0.717) is 10.9 Å². The van der Waals surface area contributed by atoms with Gasteiger partial charge in [0.15, 0.2) is 0 Å². The first-order valence-electron chi connectivity index (χ1n) is 6.97. The van der Waals surface area contributed by atoms with Crippen molar-refractivity contribution in [1.29, 1.82) is 0 Å². The lowest BCUT2D eigenvalue weighted by molar-refractivity contribution is 0.0696. The molecule has 1 aliphatic rings. The fourth-order valence-corrected chi connectivity index (χ4v) is 3.66. The predicted octanol–water partition coefficient (Wildman–Crippen LogP) is 2.58. The van der Waals surface area contributed by atoms with Gasteiger partial charge in [-0.1, -0.05) is 13.3 Å². The Labute approximate surface area is 127 Å². The van der Waals surface area contributed by atoms with Crippen molar-refractivity contribution in [2.24, 2.45) is 0 Å². The number of hydrogen-bond acceptors (Lipinski definition) is 4. The van der Waals surface area contributed by atoms with Crippen molar-refractivity contribution in [3.05, 3.63) is 24.0 Å². The first-order valence-corrected chi connectivity index (χ1v) is 8.02. The molecule has 0 spiro atoms. The maximum absolute atomic E-state index is 12.0. The molecule has 0 bridgehead atoms. The topological polar surface area (TPSA) is 91.3 Å². The molecule has 114 valence electrons. The molecule has 0 radical (unpaired) electrons. The van der Waals surface area contributed by atoms with Gasteiger partial charge in [0.2, 0.25) is 0 Å². The van der Waals surface area contributed by atoms with Crippen LogP contribution < -0.4 is 10.6 Å². The molecule has 7 heteroatoms. The van der Waals surface area contributed by atoms with Crippen molar-refractivity contribution in [2.75, 3.05) is 11.1 Å². The monoisotopic (exact) mass is 309 g/mol. The molecule has 0 aliphatic heterocycles. The number of anilines is 1. The molecule has 1 saturated carbocycles. The van der Waals surface area contributed by atoms with Gasteiger partial charge in [-0.15, -0.1) is 0 Å². The van der Waals surface area contributed by atoms with Crippen LogP contribution >= 0.6 is 11.8 Å². The number of amides is 2. The maximum atomic E-state index is 12.0. The second kappa shape index (κ2) is 7.31. The zero-order valence-corrected chi connectivity index (χ0v) is 12.7. The van der Waals surface area contributed by atoms with Crippen molar-refractivity contribution in [3.63, 3.8) is 0 Å². The van der Waals surface area contributed by atoms with Crippen molar-refractivity contribution < 1.29 is 14.7 Å². The largest absolute Gasteiger partial charge is 0.478 e. The van der Waals surface area contributed by atoms with Crippen LogP contribution in [0.4, 0.5) is 10.5 Å². The van der Waals surface area contributed by atoms with Crippen LogP contribution in [-0.4, -0.2) is 39.1 Å². The number of aromatic carboxylic acids is 1. The zero-order chi connectivity index (χ0) is 15.2. The van der Waals surface area contributed by atoms with Gasteiger partial charge in [0.1, 0.15) is 0 Å².